The van der Waals surface area contributed by atoms with Crippen molar-refractivity contribution in [3.63, 3.8) is 0 Å². The van der Waals surface area contributed by atoms with Crippen molar-refractivity contribution in [3.8, 4) is 0 Å². The molecule has 0 saturated carbocycles. The molecule has 2 atom stereocenters. The van der Waals surface area contributed by atoms with E-state index in [2.05, 4.69) is 10.6 Å². The first-order valence-electron chi connectivity index (χ1n) is 6.55. The van der Waals surface area contributed by atoms with E-state index in [0.29, 0.717) is 6.54 Å². The van der Waals surface area contributed by atoms with Gasteiger partial charge in [0, 0.05) is 17.5 Å². The maximum absolute atomic E-state index is 11.8. The molecular weight excluding hydrogens is 274 g/mol. The monoisotopic (exact) mass is 295 g/mol. The normalized spacial score (nSPS) is 13.4. The number of benzene rings is 1. The van der Waals surface area contributed by atoms with Crippen molar-refractivity contribution in [1.82, 2.24) is 10.6 Å². The molecule has 1 aromatic carbocycles. The summed E-state index contributed by atoms with van der Waals surface area (Å²) in [4.78, 5) is 24.0. The van der Waals surface area contributed by atoms with Gasteiger partial charge in [-0.3, -0.25) is 10.1 Å². The highest BCUT2D eigenvalue weighted by Crippen LogP contribution is 2.24. The van der Waals surface area contributed by atoms with Gasteiger partial charge in [-0.1, -0.05) is 12.1 Å². The quantitative estimate of drug-likeness (QED) is 0.726. The van der Waals surface area contributed by atoms with E-state index in [9.17, 15) is 9.59 Å². The molecule has 0 saturated heterocycles. The van der Waals surface area contributed by atoms with Gasteiger partial charge in [-0.2, -0.15) is 0 Å². The molecule has 1 rings (SSSR count). The van der Waals surface area contributed by atoms with Crippen LogP contribution in [0, 0.1) is 0 Å². The van der Waals surface area contributed by atoms with Crippen LogP contribution in [-0.4, -0.2) is 23.7 Å². The number of urea groups is 1. The Balaban J connectivity index is 2.54. The van der Waals surface area contributed by atoms with Gasteiger partial charge in [0.05, 0.1) is 5.25 Å². The summed E-state index contributed by atoms with van der Waals surface area (Å²) < 4.78 is 0. The van der Waals surface area contributed by atoms with E-state index < -0.39 is 6.03 Å². The van der Waals surface area contributed by atoms with E-state index in [4.69, 9.17) is 5.73 Å². The molecule has 5 nitrogen and oxygen atoms in total. The number of hydrogen-bond acceptors (Lipinski definition) is 4. The third-order valence-corrected chi connectivity index (χ3v) is 3.77. The van der Waals surface area contributed by atoms with Gasteiger partial charge in [-0.25, -0.2) is 4.79 Å². The maximum atomic E-state index is 11.8. The van der Waals surface area contributed by atoms with E-state index >= 15 is 0 Å². The van der Waals surface area contributed by atoms with Crippen LogP contribution in [0.4, 0.5) is 4.79 Å². The van der Waals surface area contributed by atoms with Gasteiger partial charge in [0.15, 0.2) is 0 Å². The lowest BCUT2D eigenvalue weighted by atomic mass is 10.1. The highest BCUT2D eigenvalue weighted by atomic mass is 32.2. The minimum absolute atomic E-state index is 0.00693. The predicted molar refractivity (Wildman–Crippen MR) is 81.6 cm³/mol. The minimum atomic E-state index is -0.461. The van der Waals surface area contributed by atoms with Crippen molar-refractivity contribution in [3.05, 3.63) is 29.8 Å². The summed E-state index contributed by atoms with van der Waals surface area (Å²) in [5.74, 6) is -0.308. The minimum Gasteiger partial charge on any atom is -0.338 e. The van der Waals surface area contributed by atoms with E-state index in [1.54, 1.807) is 13.8 Å². The van der Waals surface area contributed by atoms with Crippen molar-refractivity contribution in [2.75, 3.05) is 6.54 Å². The second-order valence-electron chi connectivity index (χ2n) is 4.47. The molecule has 4 N–H and O–H groups in total. The molecule has 0 aliphatic carbocycles. The summed E-state index contributed by atoms with van der Waals surface area (Å²) in [6.45, 7) is 5.96. The number of nitrogens with two attached hydrogens (primary N) is 1. The van der Waals surface area contributed by atoms with Crippen molar-refractivity contribution in [1.29, 1.82) is 0 Å². The molecule has 0 heterocycles. The van der Waals surface area contributed by atoms with Crippen LogP contribution < -0.4 is 16.4 Å². The molecule has 20 heavy (non-hydrogen) atoms. The molecule has 0 bridgehead atoms. The number of rotatable bonds is 5. The fraction of sp³-hybridized carbons (Fsp3) is 0.429. The first-order chi connectivity index (χ1) is 9.43. The lowest BCUT2D eigenvalue weighted by molar-refractivity contribution is -0.119. The lowest BCUT2D eigenvalue weighted by Gasteiger charge is -2.12. The van der Waals surface area contributed by atoms with Crippen LogP contribution in [0.5, 0.6) is 0 Å². The molecule has 2 unspecified atom stereocenters. The lowest BCUT2D eigenvalue weighted by Crippen LogP contribution is -2.42. The Kier molecular flexibility index (Phi) is 6.54. The van der Waals surface area contributed by atoms with Crippen molar-refractivity contribution >= 4 is 23.7 Å². The Hall–Kier alpha value is -1.53. The van der Waals surface area contributed by atoms with Crippen LogP contribution in [-0.2, 0) is 4.79 Å². The number of thioether (sulfide) groups is 1. The van der Waals surface area contributed by atoms with E-state index in [1.807, 2.05) is 31.2 Å². The van der Waals surface area contributed by atoms with E-state index in [-0.39, 0.29) is 17.2 Å². The molecular formula is C14H21N3O2S. The number of carbonyl (C=O) groups excluding carboxylic acids is 2. The zero-order chi connectivity index (χ0) is 15.1. The second-order valence-corrected chi connectivity index (χ2v) is 5.88. The van der Waals surface area contributed by atoms with Crippen molar-refractivity contribution in [2.24, 2.45) is 5.73 Å². The van der Waals surface area contributed by atoms with Crippen LogP contribution in [0.15, 0.2) is 29.2 Å². The number of nitrogens with one attached hydrogen (secondary N) is 2. The zero-order valence-corrected chi connectivity index (χ0v) is 12.8. The van der Waals surface area contributed by atoms with Gasteiger partial charge in [-0.15, -0.1) is 11.8 Å². The first-order valence-corrected chi connectivity index (χ1v) is 7.43. The maximum Gasteiger partial charge on any atom is 0.321 e. The molecule has 1 aromatic rings. The Bertz CT molecular complexity index is 460. The Morgan fingerprint density at radius 3 is 2.35 bits per heavy atom. The number of carbonyl (C=O) groups is 2. The highest BCUT2D eigenvalue weighted by Gasteiger charge is 2.16. The van der Waals surface area contributed by atoms with Crippen LogP contribution in [0.1, 0.15) is 32.4 Å². The fourth-order valence-corrected chi connectivity index (χ4v) is 2.39. The van der Waals surface area contributed by atoms with Gasteiger partial charge in [-0.05, 0) is 38.5 Å². The molecule has 0 fully saturated rings. The van der Waals surface area contributed by atoms with E-state index in [0.717, 1.165) is 10.5 Å². The first kappa shape index (κ1) is 16.5. The summed E-state index contributed by atoms with van der Waals surface area (Å²) in [5, 5.41) is 4.47. The second kappa shape index (κ2) is 7.91. The fourth-order valence-electron chi connectivity index (χ4n) is 1.53. The summed E-state index contributed by atoms with van der Waals surface area (Å²) in [6.07, 6.45) is 0. The van der Waals surface area contributed by atoms with E-state index in [1.165, 1.54) is 11.8 Å². The van der Waals surface area contributed by atoms with Crippen LogP contribution in [0.25, 0.3) is 0 Å². The third-order valence-electron chi connectivity index (χ3n) is 2.66. The van der Waals surface area contributed by atoms with Gasteiger partial charge in [0.2, 0.25) is 5.91 Å². The van der Waals surface area contributed by atoms with Crippen LogP contribution in [0.2, 0.25) is 0 Å². The number of amides is 3. The Morgan fingerprint density at radius 1 is 1.25 bits per heavy atom. The van der Waals surface area contributed by atoms with Gasteiger partial charge < -0.3 is 11.1 Å². The smallest absolute Gasteiger partial charge is 0.321 e. The molecule has 0 aliphatic rings. The molecule has 0 radical (unpaired) electrons. The average molecular weight is 295 g/mol. The zero-order valence-electron chi connectivity index (χ0n) is 12.0. The summed E-state index contributed by atoms with van der Waals surface area (Å²) in [7, 11) is 0. The summed E-state index contributed by atoms with van der Waals surface area (Å²) in [6, 6.07) is 7.28. The Morgan fingerprint density at radius 2 is 1.85 bits per heavy atom. The van der Waals surface area contributed by atoms with Gasteiger partial charge >= 0.3 is 6.03 Å². The van der Waals surface area contributed by atoms with Crippen LogP contribution in [0.3, 0.4) is 0 Å². The van der Waals surface area contributed by atoms with Gasteiger partial charge in [0.1, 0.15) is 0 Å². The largest absolute Gasteiger partial charge is 0.338 e. The molecule has 110 valence electrons. The van der Waals surface area contributed by atoms with Crippen molar-refractivity contribution < 1.29 is 9.59 Å². The average Bonchev–Trinajstić information content (AvgIpc) is 2.39. The predicted octanol–water partition coefficient (Wildman–Crippen LogP) is 2.03. The molecule has 0 aliphatic heterocycles. The molecule has 3 amide bonds. The summed E-state index contributed by atoms with van der Waals surface area (Å²) in [5.41, 5.74) is 6.83. The van der Waals surface area contributed by atoms with Crippen molar-refractivity contribution in [2.45, 2.75) is 37.0 Å². The van der Waals surface area contributed by atoms with Gasteiger partial charge in [0.25, 0.3) is 0 Å². The Labute approximate surface area is 123 Å². The molecule has 0 spiro atoms. The SMILES string of the molecule is CCNC(=O)NC(=O)C(C)Sc1ccc(C(C)N)cc1. The standard InChI is InChI=1S/C14H21N3O2S/c1-4-16-14(19)17-13(18)10(3)20-12-7-5-11(6-8-12)9(2)15/h5-10H,4,15H2,1-3H3,(H2,16,17,18,19). The molecule has 6 heteroatoms. The molecule has 0 aromatic heterocycles. The highest BCUT2D eigenvalue weighted by molar-refractivity contribution is 8.00. The topological polar surface area (TPSA) is 84.2 Å². The summed E-state index contributed by atoms with van der Waals surface area (Å²) >= 11 is 1.40. The number of hydrogen-bond donors (Lipinski definition) is 3. The van der Waals surface area contributed by atoms with Crippen LogP contribution >= 0.6 is 11.8 Å². The third kappa shape index (κ3) is 5.22. The number of imide groups is 1.